The van der Waals surface area contributed by atoms with Crippen LogP contribution in [0.2, 0.25) is 0 Å². The van der Waals surface area contributed by atoms with Gasteiger partial charge in [0, 0.05) is 25.6 Å². The minimum absolute atomic E-state index is 0.00859. The number of ether oxygens (including phenoxy) is 3. The van der Waals surface area contributed by atoms with E-state index in [1.807, 2.05) is 0 Å². The van der Waals surface area contributed by atoms with E-state index in [1.165, 1.54) is 13.8 Å². The lowest BCUT2D eigenvalue weighted by Gasteiger charge is -2.33. The van der Waals surface area contributed by atoms with Crippen LogP contribution in [0.5, 0.6) is 0 Å². The third-order valence-electron chi connectivity index (χ3n) is 6.33. The van der Waals surface area contributed by atoms with Gasteiger partial charge in [-0.25, -0.2) is 9.59 Å². The van der Waals surface area contributed by atoms with Crippen LogP contribution in [-0.4, -0.2) is 71.5 Å². The van der Waals surface area contributed by atoms with Crippen molar-refractivity contribution in [3.8, 4) is 0 Å². The number of hydrogen-bond donors (Lipinski definition) is 1. The summed E-state index contributed by atoms with van der Waals surface area (Å²) in [6.07, 6.45) is 1.73. The molecular formula is C20H29NO7. The van der Waals surface area contributed by atoms with E-state index in [1.54, 1.807) is 19.9 Å². The summed E-state index contributed by atoms with van der Waals surface area (Å²) in [4.78, 5) is 39.0. The van der Waals surface area contributed by atoms with Crippen LogP contribution in [0.15, 0.2) is 11.6 Å². The summed E-state index contributed by atoms with van der Waals surface area (Å²) < 4.78 is 16.7. The number of carbonyl (C=O) groups is 3. The van der Waals surface area contributed by atoms with Gasteiger partial charge in [0.1, 0.15) is 12.2 Å². The fourth-order valence-electron chi connectivity index (χ4n) is 4.45. The average molecular weight is 395 g/mol. The molecule has 0 radical (unpaired) electrons. The summed E-state index contributed by atoms with van der Waals surface area (Å²) in [6, 6.07) is -0.194. The number of hydrogen-bond acceptors (Lipinski definition) is 8. The van der Waals surface area contributed by atoms with Gasteiger partial charge in [0.15, 0.2) is 5.60 Å². The maximum atomic E-state index is 12.7. The van der Waals surface area contributed by atoms with E-state index in [2.05, 4.69) is 4.90 Å². The molecule has 3 heterocycles. The van der Waals surface area contributed by atoms with Crippen molar-refractivity contribution in [1.29, 1.82) is 0 Å². The molecule has 8 nitrogen and oxygen atoms in total. The largest absolute Gasteiger partial charge is 0.463 e. The van der Waals surface area contributed by atoms with Crippen LogP contribution >= 0.6 is 0 Å². The second-order valence-corrected chi connectivity index (χ2v) is 8.19. The molecule has 3 fully saturated rings. The smallest absolute Gasteiger partial charge is 0.338 e. The van der Waals surface area contributed by atoms with Crippen molar-refractivity contribution in [2.75, 3.05) is 19.7 Å². The standard InChI is InChI=1S/C20H29NO7/c1-5-13-8-11(2)20(4,25)19(24)26-10-14-16(27-12(3)22)9-21-7-6-15(17(14)21)28-18(13)23/h5,11,14-17,25H,6-10H2,1-4H3/b13-5+/t11-,14+,15-,16-,17-,20-/m1/s1. The molecule has 0 amide bonds. The summed E-state index contributed by atoms with van der Waals surface area (Å²) in [5, 5.41) is 10.7. The third kappa shape index (κ3) is 3.80. The van der Waals surface area contributed by atoms with E-state index in [4.69, 9.17) is 14.2 Å². The summed E-state index contributed by atoms with van der Waals surface area (Å²) in [5.41, 5.74) is -1.33. The first-order valence-electron chi connectivity index (χ1n) is 9.82. The molecule has 0 unspecified atom stereocenters. The Balaban J connectivity index is 1.93. The van der Waals surface area contributed by atoms with Gasteiger partial charge in [0.25, 0.3) is 0 Å². The van der Waals surface area contributed by atoms with Crippen LogP contribution in [0.1, 0.15) is 40.5 Å². The van der Waals surface area contributed by atoms with Crippen molar-refractivity contribution in [2.24, 2.45) is 11.8 Å². The molecule has 156 valence electrons. The normalized spacial score (nSPS) is 40.9. The monoisotopic (exact) mass is 395 g/mol. The molecule has 3 rings (SSSR count). The molecular weight excluding hydrogens is 366 g/mol. The molecule has 0 aromatic carbocycles. The predicted octanol–water partition coefficient (Wildman–Crippen LogP) is 0.814. The lowest BCUT2D eigenvalue weighted by atomic mass is 9.85. The van der Waals surface area contributed by atoms with Gasteiger partial charge in [-0.3, -0.25) is 9.69 Å². The van der Waals surface area contributed by atoms with Gasteiger partial charge in [-0.1, -0.05) is 13.0 Å². The lowest BCUT2D eigenvalue weighted by Crippen LogP contribution is -2.47. The molecule has 6 atom stereocenters. The first kappa shape index (κ1) is 20.8. The Bertz CT molecular complexity index is 686. The number of carbonyl (C=O) groups excluding carboxylic acids is 3. The van der Waals surface area contributed by atoms with Crippen LogP contribution in [0.25, 0.3) is 0 Å². The summed E-state index contributed by atoms with van der Waals surface area (Å²) in [5.74, 6) is -2.44. The predicted molar refractivity (Wildman–Crippen MR) is 98.0 cm³/mol. The van der Waals surface area contributed by atoms with Crippen molar-refractivity contribution in [3.05, 3.63) is 11.6 Å². The fourth-order valence-corrected chi connectivity index (χ4v) is 4.45. The zero-order valence-corrected chi connectivity index (χ0v) is 16.8. The van der Waals surface area contributed by atoms with E-state index in [-0.39, 0.29) is 31.1 Å². The maximum absolute atomic E-state index is 12.7. The van der Waals surface area contributed by atoms with Gasteiger partial charge in [-0.15, -0.1) is 0 Å². The SMILES string of the molecule is C/C=C1\C[C@@H](C)[C@@](C)(O)C(=O)OC[C@@H]2[C@@H]3[C@@H](CCN3C[C@H]2OC(C)=O)OC1=O. The molecule has 3 aliphatic rings. The lowest BCUT2D eigenvalue weighted by molar-refractivity contribution is -0.174. The van der Waals surface area contributed by atoms with E-state index in [0.29, 0.717) is 25.1 Å². The Morgan fingerprint density at radius 3 is 2.75 bits per heavy atom. The van der Waals surface area contributed by atoms with E-state index in [0.717, 1.165) is 0 Å². The van der Waals surface area contributed by atoms with Gasteiger partial charge in [0.05, 0.1) is 18.6 Å². The highest BCUT2D eigenvalue weighted by Gasteiger charge is 2.53. The third-order valence-corrected chi connectivity index (χ3v) is 6.33. The number of rotatable bonds is 1. The molecule has 1 N–H and O–H groups in total. The van der Waals surface area contributed by atoms with Gasteiger partial charge < -0.3 is 19.3 Å². The first-order chi connectivity index (χ1) is 13.1. The Morgan fingerprint density at radius 2 is 2.11 bits per heavy atom. The highest BCUT2D eigenvalue weighted by atomic mass is 16.6. The Morgan fingerprint density at radius 1 is 1.39 bits per heavy atom. The van der Waals surface area contributed by atoms with Crippen molar-refractivity contribution in [2.45, 2.75) is 64.4 Å². The van der Waals surface area contributed by atoms with Crippen molar-refractivity contribution in [3.63, 3.8) is 0 Å². The molecule has 0 aliphatic carbocycles. The van der Waals surface area contributed by atoms with Crippen LogP contribution < -0.4 is 0 Å². The number of cyclic esters (lactones) is 1. The summed E-state index contributed by atoms with van der Waals surface area (Å²) >= 11 is 0. The average Bonchev–Trinajstić information content (AvgIpc) is 3.15. The molecule has 8 heteroatoms. The Hall–Kier alpha value is -1.93. The Kier molecular flexibility index (Phi) is 5.82. The van der Waals surface area contributed by atoms with Gasteiger partial charge in [0.2, 0.25) is 0 Å². The van der Waals surface area contributed by atoms with Gasteiger partial charge in [-0.2, -0.15) is 0 Å². The zero-order chi connectivity index (χ0) is 20.6. The molecule has 28 heavy (non-hydrogen) atoms. The maximum Gasteiger partial charge on any atom is 0.338 e. The minimum atomic E-state index is -1.75. The quantitative estimate of drug-likeness (QED) is 0.395. The summed E-state index contributed by atoms with van der Waals surface area (Å²) in [6.45, 7) is 7.37. The highest BCUT2D eigenvalue weighted by molar-refractivity contribution is 5.89. The van der Waals surface area contributed by atoms with Gasteiger partial charge in [-0.05, 0) is 32.6 Å². The van der Waals surface area contributed by atoms with Crippen LogP contribution in [0.3, 0.4) is 0 Å². The molecule has 3 saturated heterocycles. The van der Waals surface area contributed by atoms with Crippen LogP contribution in [0.4, 0.5) is 0 Å². The molecule has 0 aromatic rings. The number of aliphatic hydroxyl groups is 1. The molecule has 0 bridgehead atoms. The molecule has 3 aliphatic heterocycles. The topological polar surface area (TPSA) is 102 Å². The highest BCUT2D eigenvalue weighted by Crippen LogP contribution is 2.38. The Labute approximate surface area is 164 Å². The zero-order valence-electron chi connectivity index (χ0n) is 16.8. The first-order valence-corrected chi connectivity index (χ1v) is 9.82. The van der Waals surface area contributed by atoms with E-state index in [9.17, 15) is 19.5 Å². The van der Waals surface area contributed by atoms with E-state index >= 15 is 0 Å². The van der Waals surface area contributed by atoms with Crippen molar-refractivity contribution in [1.82, 2.24) is 4.90 Å². The van der Waals surface area contributed by atoms with Crippen LogP contribution in [0, 0.1) is 11.8 Å². The van der Waals surface area contributed by atoms with E-state index < -0.39 is 35.5 Å². The van der Waals surface area contributed by atoms with Crippen molar-refractivity contribution < 1.29 is 33.7 Å². The fraction of sp³-hybridized carbons (Fsp3) is 0.750. The molecule has 0 spiro atoms. The second-order valence-electron chi connectivity index (χ2n) is 8.19. The minimum Gasteiger partial charge on any atom is -0.463 e. The van der Waals surface area contributed by atoms with Gasteiger partial charge >= 0.3 is 17.9 Å². The van der Waals surface area contributed by atoms with Crippen molar-refractivity contribution >= 4 is 17.9 Å². The molecule has 0 aromatic heterocycles. The molecule has 0 saturated carbocycles. The number of nitrogens with zero attached hydrogens (tertiary/aromatic N) is 1. The number of allylic oxidation sites excluding steroid dienone is 1. The number of esters is 3. The van der Waals surface area contributed by atoms with Crippen LogP contribution in [-0.2, 0) is 28.6 Å². The second kappa shape index (κ2) is 7.83. The summed E-state index contributed by atoms with van der Waals surface area (Å²) in [7, 11) is 0.